The van der Waals surface area contributed by atoms with Crippen LogP contribution in [0.5, 0.6) is 0 Å². The highest BCUT2D eigenvalue weighted by molar-refractivity contribution is 5.78. The van der Waals surface area contributed by atoms with Gasteiger partial charge in [0.1, 0.15) is 12.0 Å². The Morgan fingerprint density at radius 2 is 1.48 bits per heavy atom. The number of nitrogens with zero attached hydrogens (tertiary/aromatic N) is 2. The van der Waals surface area contributed by atoms with Crippen molar-refractivity contribution < 1.29 is 0 Å². The maximum Gasteiger partial charge on any atom is 0.173 e. The minimum Gasteiger partial charge on any atom is -0.393 e. The number of hydrogen-bond donors (Lipinski definition) is 4. The van der Waals surface area contributed by atoms with Gasteiger partial charge in [-0.1, -0.05) is 35.9 Å². The predicted octanol–water partition coefficient (Wildman–Crippen LogP) is 3.55. The lowest BCUT2D eigenvalue weighted by Crippen LogP contribution is -2.13. The van der Waals surface area contributed by atoms with Crippen LogP contribution in [0.3, 0.4) is 0 Å². The molecule has 0 saturated carbocycles. The third-order valence-corrected chi connectivity index (χ3v) is 3.30. The first-order valence-electron chi connectivity index (χ1n) is 7.23. The first-order valence-corrected chi connectivity index (χ1v) is 7.23. The number of nitrogen functional groups attached to an aromatic ring is 1. The summed E-state index contributed by atoms with van der Waals surface area (Å²) in [6.45, 7) is 2.04. The van der Waals surface area contributed by atoms with E-state index in [1.54, 1.807) is 0 Å². The molecule has 0 atom stereocenters. The SMILES string of the molecule is Cc1ccc(Nc2ncnc(NNc3ccccc3)c2N)cc1. The van der Waals surface area contributed by atoms with E-state index < -0.39 is 0 Å². The standard InChI is InChI=1S/C17H18N6/c1-12-7-9-13(10-8-12)21-16-15(18)17(20-11-19-16)23-22-14-5-3-2-4-6-14/h2-11,22H,18H2,1H3,(H2,19,20,21,23). The zero-order chi connectivity index (χ0) is 16.1. The van der Waals surface area contributed by atoms with Crippen LogP contribution in [-0.2, 0) is 0 Å². The van der Waals surface area contributed by atoms with E-state index in [-0.39, 0.29) is 0 Å². The molecule has 2 aromatic carbocycles. The number of nitrogens with two attached hydrogens (primary N) is 1. The molecule has 0 fully saturated rings. The fourth-order valence-electron chi connectivity index (χ4n) is 2.02. The number of nitrogens with one attached hydrogen (secondary N) is 3. The van der Waals surface area contributed by atoms with Crippen LogP contribution in [0.25, 0.3) is 0 Å². The summed E-state index contributed by atoms with van der Waals surface area (Å²) >= 11 is 0. The Bertz CT molecular complexity index is 771. The Labute approximate surface area is 134 Å². The highest BCUT2D eigenvalue weighted by Gasteiger charge is 2.08. The molecule has 0 amide bonds. The van der Waals surface area contributed by atoms with Gasteiger partial charge in [0.05, 0.1) is 5.69 Å². The summed E-state index contributed by atoms with van der Waals surface area (Å²) in [4.78, 5) is 8.36. The van der Waals surface area contributed by atoms with Crippen LogP contribution in [0.4, 0.5) is 28.7 Å². The number of para-hydroxylation sites is 1. The van der Waals surface area contributed by atoms with Gasteiger partial charge in [0.15, 0.2) is 11.6 Å². The van der Waals surface area contributed by atoms with Crippen molar-refractivity contribution >= 4 is 28.7 Å². The number of aryl methyl sites for hydroxylation is 1. The fourth-order valence-corrected chi connectivity index (χ4v) is 2.02. The summed E-state index contributed by atoms with van der Waals surface area (Å²) in [5.41, 5.74) is 15.7. The average molecular weight is 306 g/mol. The molecule has 3 aromatic rings. The van der Waals surface area contributed by atoms with E-state index in [1.165, 1.54) is 11.9 Å². The van der Waals surface area contributed by atoms with Crippen LogP contribution in [-0.4, -0.2) is 9.97 Å². The zero-order valence-electron chi connectivity index (χ0n) is 12.7. The molecule has 23 heavy (non-hydrogen) atoms. The molecule has 0 aliphatic rings. The van der Waals surface area contributed by atoms with Crippen LogP contribution in [0.15, 0.2) is 60.9 Å². The molecule has 3 rings (SSSR count). The average Bonchev–Trinajstić information content (AvgIpc) is 2.58. The lowest BCUT2D eigenvalue weighted by molar-refractivity contribution is 1.16. The molecule has 0 aliphatic heterocycles. The number of hydrazine groups is 1. The second-order valence-electron chi connectivity index (χ2n) is 5.09. The first-order chi connectivity index (χ1) is 11.2. The summed E-state index contributed by atoms with van der Waals surface area (Å²) in [5.74, 6) is 1.07. The normalized spacial score (nSPS) is 10.1. The van der Waals surface area contributed by atoms with E-state index in [9.17, 15) is 0 Å². The monoisotopic (exact) mass is 306 g/mol. The summed E-state index contributed by atoms with van der Waals surface area (Å²) in [6.07, 6.45) is 1.46. The van der Waals surface area contributed by atoms with Gasteiger partial charge >= 0.3 is 0 Å². The van der Waals surface area contributed by atoms with Crippen molar-refractivity contribution in [1.82, 2.24) is 9.97 Å². The molecule has 5 N–H and O–H groups in total. The van der Waals surface area contributed by atoms with E-state index in [2.05, 4.69) is 26.1 Å². The molecule has 0 unspecified atom stereocenters. The summed E-state index contributed by atoms with van der Waals surface area (Å²) in [5, 5.41) is 3.19. The third-order valence-electron chi connectivity index (χ3n) is 3.30. The Morgan fingerprint density at radius 3 is 2.22 bits per heavy atom. The molecular formula is C17H18N6. The Hall–Kier alpha value is -3.28. The van der Waals surface area contributed by atoms with Crippen LogP contribution >= 0.6 is 0 Å². The van der Waals surface area contributed by atoms with E-state index in [0.29, 0.717) is 17.3 Å². The number of anilines is 5. The molecule has 1 heterocycles. The van der Waals surface area contributed by atoms with E-state index in [0.717, 1.165) is 11.4 Å². The molecular weight excluding hydrogens is 288 g/mol. The fraction of sp³-hybridized carbons (Fsp3) is 0.0588. The maximum absolute atomic E-state index is 6.14. The van der Waals surface area contributed by atoms with Crippen LogP contribution in [0, 0.1) is 6.92 Å². The van der Waals surface area contributed by atoms with Gasteiger partial charge in [-0.2, -0.15) is 0 Å². The molecule has 0 radical (unpaired) electrons. The molecule has 116 valence electrons. The molecule has 0 bridgehead atoms. The third kappa shape index (κ3) is 3.68. The van der Waals surface area contributed by atoms with Gasteiger partial charge in [-0.15, -0.1) is 0 Å². The smallest absolute Gasteiger partial charge is 0.173 e. The van der Waals surface area contributed by atoms with Gasteiger partial charge in [-0.3, -0.25) is 10.9 Å². The highest BCUT2D eigenvalue weighted by Crippen LogP contribution is 2.25. The minimum atomic E-state index is 0.441. The van der Waals surface area contributed by atoms with Gasteiger partial charge in [0.25, 0.3) is 0 Å². The minimum absolute atomic E-state index is 0.441. The number of hydrogen-bond acceptors (Lipinski definition) is 6. The Kier molecular flexibility index (Phi) is 4.24. The van der Waals surface area contributed by atoms with Gasteiger partial charge in [0, 0.05) is 5.69 Å². The second kappa shape index (κ2) is 6.65. The van der Waals surface area contributed by atoms with Gasteiger partial charge in [-0.25, -0.2) is 9.97 Å². The lowest BCUT2D eigenvalue weighted by atomic mass is 10.2. The molecule has 0 aliphatic carbocycles. The van der Waals surface area contributed by atoms with Crippen molar-refractivity contribution in [3.05, 3.63) is 66.5 Å². The molecule has 6 heteroatoms. The Morgan fingerprint density at radius 1 is 0.783 bits per heavy atom. The Balaban J connectivity index is 1.74. The van der Waals surface area contributed by atoms with Gasteiger partial charge < -0.3 is 11.1 Å². The van der Waals surface area contributed by atoms with E-state index >= 15 is 0 Å². The number of rotatable bonds is 5. The summed E-state index contributed by atoms with van der Waals surface area (Å²) in [6, 6.07) is 17.7. The number of aromatic nitrogens is 2. The summed E-state index contributed by atoms with van der Waals surface area (Å²) < 4.78 is 0. The van der Waals surface area contributed by atoms with Crippen LogP contribution in [0.1, 0.15) is 5.56 Å². The maximum atomic E-state index is 6.14. The zero-order valence-corrected chi connectivity index (χ0v) is 12.7. The van der Waals surface area contributed by atoms with Crippen molar-refractivity contribution in [2.24, 2.45) is 0 Å². The molecule has 1 aromatic heterocycles. The first kappa shape index (κ1) is 14.6. The number of benzene rings is 2. The largest absolute Gasteiger partial charge is 0.393 e. The summed E-state index contributed by atoms with van der Waals surface area (Å²) in [7, 11) is 0. The highest BCUT2D eigenvalue weighted by atomic mass is 15.4. The van der Waals surface area contributed by atoms with E-state index in [1.807, 2.05) is 61.5 Å². The van der Waals surface area contributed by atoms with Gasteiger partial charge in [0.2, 0.25) is 0 Å². The quantitative estimate of drug-likeness (QED) is 0.539. The lowest BCUT2D eigenvalue weighted by Gasteiger charge is -2.13. The predicted molar refractivity (Wildman–Crippen MR) is 94.6 cm³/mol. The topological polar surface area (TPSA) is 87.9 Å². The van der Waals surface area contributed by atoms with Crippen molar-refractivity contribution in [2.45, 2.75) is 6.92 Å². The van der Waals surface area contributed by atoms with Crippen molar-refractivity contribution in [3.63, 3.8) is 0 Å². The van der Waals surface area contributed by atoms with Crippen LogP contribution in [0.2, 0.25) is 0 Å². The van der Waals surface area contributed by atoms with Crippen LogP contribution < -0.4 is 21.9 Å². The second-order valence-corrected chi connectivity index (χ2v) is 5.09. The van der Waals surface area contributed by atoms with E-state index in [4.69, 9.17) is 5.73 Å². The van der Waals surface area contributed by atoms with Crippen molar-refractivity contribution in [1.29, 1.82) is 0 Å². The molecule has 0 spiro atoms. The van der Waals surface area contributed by atoms with Crippen molar-refractivity contribution in [2.75, 3.05) is 21.9 Å². The van der Waals surface area contributed by atoms with Crippen molar-refractivity contribution in [3.8, 4) is 0 Å². The molecule has 6 nitrogen and oxygen atoms in total. The van der Waals surface area contributed by atoms with Gasteiger partial charge in [-0.05, 0) is 31.2 Å². The molecule has 0 saturated heterocycles.